The van der Waals surface area contributed by atoms with Gasteiger partial charge in [0, 0.05) is 13.1 Å². The molecule has 1 N–H and O–H groups in total. The fourth-order valence-electron chi connectivity index (χ4n) is 3.77. The van der Waals surface area contributed by atoms with Gasteiger partial charge >= 0.3 is 0 Å². The van der Waals surface area contributed by atoms with Gasteiger partial charge in [0.25, 0.3) is 5.91 Å². The Bertz CT molecular complexity index is 792. The number of hydrogen-bond donors (Lipinski definition) is 1. The highest BCUT2D eigenvalue weighted by Gasteiger charge is 2.28. The molecule has 7 nitrogen and oxygen atoms in total. The Hall–Kier alpha value is -2.41. The van der Waals surface area contributed by atoms with Crippen LogP contribution in [0.1, 0.15) is 56.7 Å². The summed E-state index contributed by atoms with van der Waals surface area (Å²) in [5, 5.41) is 12.0. The molecular formula is C22H33N5O2. The van der Waals surface area contributed by atoms with E-state index in [1.165, 1.54) is 0 Å². The van der Waals surface area contributed by atoms with Crippen molar-refractivity contribution in [1.29, 1.82) is 0 Å². The van der Waals surface area contributed by atoms with Gasteiger partial charge in [-0.1, -0.05) is 19.1 Å². The number of amides is 1. The summed E-state index contributed by atoms with van der Waals surface area (Å²) in [7, 11) is 0. The van der Waals surface area contributed by atoms with E-state index in [-0.39, 0.29) is 12.0 Å². The van der Waals surface area contributed by atoms with Gasteiger partial charge in [0.2, 0.25) is 0 Å². The van der Waals surface area contributed by atoms with Crippen LogP contribution in [-0.4, -0.2) is 58.1 Å². The monoisotopic (exact) mass is 399 g/mol. The van der Waals surface area contributed by atoms with Crippen LogP contribution in [-0.2, 0) is 6.42 Å². The highest BCUT2D eigenvalue weighted by molar-refractivity contribution is 5.93. The Morgan fingerprint density at radius 1 is 1.21 bits per heavy atom. The Morgan fingerprint density at radius 3 is 2.48 bits per heavy atom. The number of nitrogens with one attached hydrogen (secondary N) is 1. The maximum atomic E-state index is 13.1. The number of carbonyl (C=O) groups is 1. The molecule has 1 saturated heterocycles. The molecule has 29 heavy (non-hydrogen) atoms. The predicted molar refractivity (Wildman–Crippen MR) is 114 cm³/mol. The van der Waals surface area contributed by atoms with Crippen LogP contribution >= 0.6 is 0 Å². The fraction of sp³-hybridized carbons (Fsp3) is 0.591. The van der Waals surface area contributed by atoms with Crippen molar-refractivity contribution in [2.75, 3.05) is 26.2 Å². The van der Waals surface area contributed by atoms with Gasteiger partial charge in [0.15, 0.2) is 5.69 Å². The third-order valence-electron chi connectivity index (χ3n) is 5.34. The Labute approximate surface area is 173 Å². The summed E-state index contributed by atoms with van der Waals surface area (Å²) in [5.74, 6) is 1.46. The van der Waals surface area contributed by atoms with Crippen molar-refractivity contribution in [3.05, 3.63) is 35.7 Å². The summed E-state index contributed by atoms with van der Waals surface area (Å²) in [6.45, 7) is 11.8. The third kappa shape index (κ3) is 5.15. The van der Waals surface area contributed by atoms with E-state index in [4.69, 9.17) is 4.74 Å². The number of nitrogens with zero attached hydrogens (tertiary/aromatic N) is 4. The zero-order chi connectivity index (χ0) is 20.8. The van der Waals surface area contributed by atoms with Gasteiger partial charge in [-0.05, 0) is 76.4 Å². The van der Waals surface area contributed by atoms with E-state index in [1.54, 1.807) is 4.68 Å². The molecule has 0 spiro atoms. The smallest absolute Gasteiger partial charge is 0.276 e. The number of benzene rings is 1. The lowest BCUT2D eigenvalue weighted by Gasteiger charge is -2.31. The molecule has 1 aliphatic heterocycles. The molecular weight excluding hydrogens is 366 g/mol. The van der Waals surface area contributed by atoms with E-state index in [1.807, 2.05) is 49.9 Å². The van der Waals surface area contributed by atoms with Crippen LogP contribution in [0.4, 0.5) is 0 Å². The van der Waals surface area contributed by atoms with Crippen LogP contribution in [0.25, 0.3) is 5.69 Å². The van der Waals surface area contributed by atoms with Gasteiger partial charge in [-0.25, -0.2) is 4.68 Å². The van der Waals surface area contributed by atoms with E-state index in [9.17, 15) is 4.79 Å². The first-order chi connectivity index (χ1) is 14.0. The number of likely N-dealkylation sites (tertiary alicyclic amines) is 1. The molecule has 0 unspecified atom stereocenters. The predicted octanol–water partition coefficient (Wildman–Crippen LogP) is 3.08. The van der Waals surface area contributed by atoms with E-state index in [0.717, 1.165) is 56.2 Å². The average molecular weight is 400 g/mol. The lowest BCUT2D eigenvalue weighted by atomic mass is 9.96. The second-order valence-corrected chi connectivity index (χ2v) is 7.85. The number of ether oxygens (including phenoxy) is 1. The molecule has 1 fully saturated rings. The number of rotatable bonds is 8. The average Bonchev–Trinajstić information content (AvgIpc) is 3.16. The summed E-state index contributed by atoms with van der Waals surface area (Å²) in [4.78, 5) is 15.0. The van der Waals surface area contributed by atoms with Crippen LogP contribution in [0.5, 0.6) is 5.75 Å². The Kier molecular flexibility index (Phi) is 7.25. The highest BCUT2D eigenvalue weighted by Crippen LogP contribution is 2.22. The maximum Gasteiger partial charge on any atom is 0.276 e. The molecule has 7 heteroatoms. The van der Waals surface area contributed by atoms with Crippen molar-refractivity contribution < 1.29 is 9.53 Å². The number of piperidine rings is 1. The first-order valence-electron chi connectivity index (χ1n) is 10.7. The number of aromatic nitrogens is 3. The summed E-state index contributed by atoms with van der Waals surface area (Å²) < 4.78 is 7.48. The van der Waals surface area contributed by atoms with E-state index < -0.39 is 0 Å². The molecule has 0 aliphatic carbocycles. The molecule has 1 amide bonds. The zero-order valence-electron chi connectivity index (χ0n) is 18.0. The maximum absolute atomic E-state index is 13.1. The molecule has 2 aromatic rings. The van der Waals surface area contributed by atoms with Crippen molar-refractivity contribution in [1.82, 2.24) is 25.2 Å². The minimum Gasteiger partial charge on any atom is -0.491 e. The van der Waals surface area contributed by atoms with E-state index in [0.29, 0.717) is 18.0 Å². The lowest BCUT2D eigenvalue weighted by molar-refractivity contribution is 0.0683. The largest absolute Gasteiger partial charge is 0.491 e. The molecule has 3 rings (SSSR count). The van der Waals surface area contributed by atoms with Crippen LogP contribution in [0.15, 0.2) is 24.3 Å². The molecule has 2 heterocycles. The summed E-state index contributed by atoms with van der Waals surface area (Å²) in [5.41, 5.74) is 2.20. The molecule has 0 atom stereocenters. The van der Waals surface area contributed by atoms with Crippen molar-refractivity contribution in [3.8, 4) is 11.4 Å². The number of carbonyl (C=O) groups excluding carboxylic acids is 1. The summed E-state index contributed by atoms with van der Waals surface area (Å²) >= 11 is 0. The lowest BCUT2D eigenvalue weighted by Crippen LogP contribution is -2.41. The molecule has 0 saturated carbocycles. The minimum absolute atomic E-state index is 0.00485. The van der Waals surface area contributed by atoms with Crippen LogP contribution in [0.2, 0.25) is 0 Å². The Balaban J connectivity index is 1.71. The molecule has 1 aromatic carbocycles. The van der Waals surface area contributed by atoms with Crippen LogP contribution < -0.4 is 10.1 Å². The number of hydrogen-bond acceptors (Lipinski definition) is 5. The van der Waals surface area contributed by atoms with Crippen molar-refractivity contribution in [2.45, 2.75) is 53.1 Å². The van der Waals surface area contributed by atoms with E-state index >= 15 is 0 Å². The van der Waals surface area contributed by atoms with Gasteiger partial charge in [0.05, 0.1) is 17.5 Å². The van der Waals surface area contributed by atoms with Crippen LogP contribution in [0.3, 0.4) is 0 Å². The third-order valence-corrected chi connectivity index (χ3v) is 5.34. The molecule has 1 aromatic heterocycles. The second-order valence-electron chi connectivity index (χ2n) is 7.85. The normalized spacial score (nSPS) is 15.1. The zero-order valence-corrected chi connectivity index (χ0v) is 18.0. The SMILES string of the molecule is CCNCC1CCN(C(=O)c2nnn(-c3ccc(OC(C)C)cc3)c2CC)CC1. The van der Waals surface area contributed by atoms with Crippen molar-refractivity contribution in [3.63, 3.8) is 0 Å². The van der Waals surface area contributed by atoms with Crippen molar-refractivity contribution in [2.24, 2.45) is 5.92 Å². The van der Waals surface area contributed by atoms with Crippen LogP contribution in [0, 0.1) is 5.92 Å². The topological polar surface area (TPSA) is 72.3 Å². The van der Waals surface area contributed by atoms with E-state index in [2.05, 4.69) is 22.6 Å². The first-order valence-corrected chi connectivity index (χ1v) is 10.7. The summed E-state index contributed by atoms with van der Waals surface area (Å²) in [6, 6.07) is 7.75. The minimum atomic E-state index is -0.00485. The standard InChI is InChI=1S/C22H33N5O2/c1-5-20-21(22(28)26-13-11-17(12-14-26)15-23-6-2)24-25-27(20)18-7-9-19(10-8-18)29-16(3)4/h7-10,16-17,23H,5-6,11-15H2,1-4H3. The second kappa shape index (κ2) is 9.87. The van der Waals surface area contributed by atoms with Crippen molar-refractivity contribution >= 4 is 5.91 Å². The fourth-order valence-corrected chi connectivity index (χ4v) is 3.77. The molecule has 1 aliphatic rings. The van der Waals surface area contributed by atoms with Gasteiger partial charge in [-0.15, -0.1) is 5.10 Å². The van der Waals surface area contributed by atoms with Gasteiger partial charge in [-0.2, -0.15) is 0 Å². The molecule has 0 bridgehead atoms. The first kappa shape index (κ1) is 21.3. The van der Waals surface area contributed by atoms with Gasteiger partial charge < -0.3 is 15.0 Å². The highest BCUT2D eigenvalue weighted by atomic mass is 16.5. The molecule has 158 valence electrons. The van der Waals surface area contributed by atoms with Gasteiger partial charge in [0.1, 0.15) is 5.75 Å². The quantitative estimate of drug-likeness (QED) is 0.739. The molecule has 0 radical (unpaired) electrons. The Morgan fingerprint density at radius 2 is 1.90 bits per heavy atom. The van der Waals surface area contributed by atoms with Gasteiger partial charge in [-0.3, -0.25) is 4.79 Å². The summed E-state index contributed by atoms with van der Waals surface area (Å²) in [6.07, 6.45) is 2.89.